The van der Waals surface area contributed by atoms with Gasteiger partial charge in [0.05, 0.1) is 11.1 Å². The average Bonchev–Trinajstić information content (AvgIpc) is 2.75. The summed E-state index contributed by atoms with van der Waals surface area (Å²) in [6, 6.07) is 22.4. The maximum Gasteiger partial charge on any atom is 0.162 e. The zero-order valence-electron chi connectivity index (χ0n) is 16.7. The fraction of sp³-hybridized carbons (Fsp3) is 0.208. The Labute approximate surface area is 170 Å². The molecule has 0 saturated carbocycles. The van der Waals surface area contributed by atoms with Crippen LogP contribution < -0.4 is 5.32 Å². The first-order valence-electron chi connectivity index (χ1n) is 9.74. The van der Waals surface area contributed by atoms with Gasteiger partial charge < -0.3 is 10.2 Å². The molecular formula is C24H23N5. The van der Waals surface area contributed by atoms with Crippen molar-refractivity contribution >= 4 is 27.5 Å². The van der Waals surface area contributed by atoms with Crippen molar-refractivity contribution in [3.05, 3.63) is 66.2 Å². The third kappa shape index (κ3) is 4.03. The summed E-state index contributed by atoms with van der Waals surface area (Å²) >= 11 is 0. The predicted octanol–water partition coefficient (Wildman–Crippen LogP) is 4.69. The van der Waals surface area contributed by atoms with Crippen LogP contribution in [-0.4, -0.2) is 42.1 Å². The third-order valence-electron chi connectivity index (χ3n) is 4.93. The smallest absolute Gasteiger partial charge is 0.162 e. The highest BCUT2D eigenvalue weighted by atomic mass is 15.1. The van der Waals surface area contributed by atoms with Gasteiger partial charge in [-0.05, 0) is 56.0 Å². The van der Waals surface area contributed by atoms with Gasteiger partial charge in [-0.2, -0.15) is 5.26 Å². The molecule has 0 bridgehead atoms. The Morgan fingerprint density at radius 2 is 1.79 bits per heavy atom. The number of nitriles is 1. The molecule has 0 aliphatic rings. The van der Waals surface area contributed by atoms with Crippen LogP contribution in [0.15, 0.2) is 60.7 Å². The summed E-state index contributed by atoms with van der Waals surface area (Å²) in [6.07, 6.45) is 1.00. The number of hydrogen-bond acceptors (Lipinski definition) is 5. The molecule has 0 aliphatic heterocycles. The van der Waals surface area contributed by atoms with E-state index in [9.17, 15) is 5.26 Å². The topological polar surface area (TPSA) is 64.8 Å². The largest absolute Gasteiger partial charge is 0.369 e. The number of aromatic nitrogens is 2. The molecule has 0 fully saturated rings. The fourth-order valence-electron chi connectivity index (χ4n) is 3.44. The molecule has 1 aromatic heterocycles. The minimum atomic E-state index is 0.559. The van der Waals surface area contributed by atoms with Crippen LogP contribution >= 0.6 is 0 Å². The van der Waals surface area contributed by atoms with Crippen LogP contribution in [0.25, 0.3) is 33.1 Å². The van der Waals surface area contributed by atoms with E-state index >= 15 is 0 Å². The lowest BCUT2D eigenvalue weighted by Gasteiger charge is -2.13. The molecule has 29 heavy (non-hydrogen) atoms. The van der Waals surface area contributed by atoms with E-state index in [4.69, 9.17) is 9.97 Å². The molecule has 0 unspecified atom stereocenters. The zero-order chi connectivity index (χ0) is 20.2. The number of anilines is 1. The molecule has 4 aromatic rings. The van der Waals surface area contributed by atoms with Crippen LogP contribution in [0.1, 0.15) is 12.0 Å². The summed E-state index contributed by atoms with van der Waals surface area (Å²) < 4.78 is 0. The normalized spacial score (nSPS) is 11.1. The van der Waals surface area contributed by atoms with Gasteiger partial charge in [0, 0.05) is 17.5 Å². The van der Waals surface area contributed by atoms with E-state index in [1.165, 1.54) is 5.39 Å². The molecular weight excluding hydrogens is 358 g/mol. The summed E-state index contributed by atoms with van der Waals surface area (Å²) in [5.74, 6) is 1.40. The van der Waals surface area contributed by atoms with Crippen molar-refractivity contribution in [2.75, 3.05) is 32.5 Å². The van der Waals surface area contributed by atoms with Gasteiger partial charge in [0.25, 0.3) is 0 Å². The fourth-order valence-corrected chi connectivity index (χ4v) is 3.44. The zero-order valence-corrected chi connectivity index (χ0v) is 16.7. The van der Waals surface area contributed by atoms with Crippen molar-refractivity contribution in [2.45, 2.75) is 6.42 Å². The second-order valence-electron chi connectivity index (χ2n) is 7.35. The number of fused-ring (bicyclic) bond motifs is 2. The highest BCUT2D eigenvalue weighted by molar-refractivity contribution is 5.94. The maximum atomic E-state index is 9.57. The molecule has 4 rings (SSSR count). The summed E-state index contributed by atoms with van der Waals surface area (Å²) in [4.78, 5) is 11.7. The van der Waals surface area contributed by atoms with E-state index in [1.54, 1.807) is 6.07 Å². The van der Waals surface area contributed by atoms with Crippen molar-refractivity contribution in [3.63, 3.8) is 0 Å². The van der Waals surface area contributed by atoms with Gasteiger partial charge in [0.15, 0.2) is 5.82 Å². The van der Waals surface area contributed by atoms with Crippen LogP contribution in [0.4, 0.5) is 5.82 Å². The van der Waals surface area contributed by atoms with Crippen molar-refractivity contribution in [1.82, 2.24) is 14.9 Å². The predicted molar refractivity (Wildman–Crippen MR) is 119 cm³/mol. The second-order valence-corrected chi connectivity index (χ2v) is 7.35. The minimum absolute atomic E-state index is 0.559. The number of benzene rings is 3. The SMILES string of the molecule is CN(C)CCCNc1nc(-c2ccc3ccccc3c2)nc2c(C#N)cccc12. The maximum absolute atomic E-state index is 9.57. The van der Waals surface area contributed by atoms with Crippen LogP contribution in [0.5, 0.6) is 0 Å². The second kappa shape index (κ2) is 8.26. The Hall–Kier alpha value is -3.49. The van der Waals surface area contributed by atoms with Crippen LogP contribution in [0.2, 0.25) is 0 Å². The number of rotatable bonds is 6. The highest BCUT2D eigenvalue weighted by Crippen LogP contribution is 2.28. The lowest BCUT2D eigenvalue weighted by Crippen LogP contribution is -2.17. The number of para-hydroxylation sites is 1. The highest BCUT2D eigenvalue weighted by Gasteiger charge is 2.12. The quantitative estimate of drug-likeness (QED) is 0.491. The summed E-state index contributed by atoms with van der Waals surface area (Å²) in [5, 5.41) is 16.2. The lowest BCUT2D eigenvalue weighted by atomic mass is 10.1. The Bertz CT molecular complexity index is 1210. The van der Waals surface area contributed by atoms with E-state index in [0.717, 1.165) is 41.7 Å². The molecule has 0 radical (unpaired) electrons. The van der Waals surface area contributed by atoms with Gasteiger partial charge in [-0.3, -0.25) is 0 Å². The lowest BCUT2D eigenvalue weighted by molar-refractivity contribution is 0.405. The summed E-state index contributed by atoms with van der Waals surface area (Å²) in [6.45, 7) is 1.80. The van der Waals surface area contributed by atoms with Gasteiger partial charge in [0.2, 0.25) is 0 Å². The molecule has 0 aliphatic carbocycles. The molecule has 0 saturated heterocycles. The Morgan fingerprint density at radius 1 is 0.966 bits per heavy atom. The van der Waals surface area contributed by atoms with Gasteiger partial charge in [0.1, 0.15) is 11.9 Å². The van der Waals surface area contributed by atoms with Crippen LogP contribution in [0.3, 0.4) is 0 Å². The van der Waals surface area contributed by atoms with Crippen LogP contribution in [-0.2, 0) is 0 Å². The van der Waals surface area contributed by atoms with Crippen molar-refractivity contribution in [1.29, 1.82) is 5.26 Å². The molecule has 0 amide bonds. The average molecular weight is 381 g/mol. The Morgan fingerprint density at radius 3 is 2.59 bits per heavy atom. The minimum Gasteiger partial charge on any atom is -0.369 e. The first-order chi connectivity index (χ1) is 14.2. The molecule has 0 atom stereocenters. The van der Waals surface area contributed by atoms with Crippen molar-refractivity contribution in [2.24, 2.45) is 0 Å². The van der Waals surface area contributed by atoms with Gasteiger partial charge in [-0.25, -0.2) is 9.97 Å². The molecule has 5 heteroatoms. The van der Waals surface area contributed by atoms with Crippen LogP contribution in [0, 0.1) is 11.3 Å². The molecule has 3 aromatic carbocycles. The Kier molecular flexibility index (Phi) is 5.37. The first-order valence-corrected chi connectivity index (χ1v) is 9.74. The summed E-state index contributed by atoms with van der Waals surface area (Å²) in [7, 11) is 4.13. The molecule has 5 nitrogen and oxygen atoms in total. The molecule has 0 spiro atoms. The Balaban J connectivity index is 1.79. The third-order valence-corrected chi connectivity index (χ3v) is 4.93. The van der Waals surface area contributed by atoms with Gasteiger partial charge >= 0.3 is 0 Å². The monoisotopic (exact) mass is 381 g/mol. The van der Waals surface area contributed by atoms with E-state index in [0.29, 0.717) is 16.9 Å². The van der Waals surface area contributed by atoms with E-state index < -0.39 is 0 Å². The van der Waals surface area contributed by atoms with Crippen molar-refractivity contribution in [3.8, 4) is 17.5 Å². The molecule has 144 valence electrons. The number of nitrogens with one attached hydrogen (secondary N) is 1. The van der Waals surface area contributed by atoms with E-state index in [-0.39, 0.29) is 0 Å². The van der Waals surface area contributed by atoms with E-state index in [1.807, 2.05) is 30.3 Å². The van der Waals surface area contributed by atoms with Gasteiger partial charge in [-0.15, -0.1) is 0 Å². The summed E-state index contributed by atoms with van der Waals surface area (Å²) in [5.41, 5.74) is 2.18. The van der Waals surface area contributed by atoms with Crippen molar-refractivity contribution < 1.29 is 0 Å². The molecule has 1 heterocycles. The number of nitrogens with zero attached hydrogens (tertiary/aromatic N) is 4. The standard InChI is InChI=1S/C24H23N5/c1-29(2)14-6-13-26-24-21-10-5-9-20(16-25)22(21)27-23(28-24)19-12-11-17-7-3-4-8-18(17)15-19/h3-5,7-12,15H,6,13-14H2,1-2H3,(H,26,27,28). The van der Waals surface area contributed by atoms with Gasteiger partial charge in [-0.1, -0.05) is 42.5 Å². The molecule has 1 N–H and O–H groups in total. The first kappa shape index (κ1) is 18.9. The number of hydrogen-bond donors (Lipinski definition) is 1. The van der Waals surface area contributed by atoms with E-state index in [2.05, 4.69) is 54.6 Å².